The van der Waals surface area contributed by atoms with Gasteiger partial charge < -0.3 is 25.2 Å². The summed E-state index contributed by atoms with van der Waals surface area (Å²) in [5.74, 6) is -0.604. The Morgan fingerprint density at radius 3 is 2.58 bits per heavy atom. The van der Waals surface area contributed by atoms with Crippen LogP contribution in [0.5, 0.6) is 5.75 Å². The molecule has 2 aromatic carbocycles. The number of carbonyl (C=O) groups is 1. The van der Waals surface area contributed by atoms with Crippen LogP contribution in [-0.4, -0.2) is 67.7 Å². The van der Waals surface area contributed by atoms with Gasteiger partial charge in [0, 0.05) is 44.7 Å². The molecule has 1 atom stereocenters. The average molecular weight is 602 g/mol. The number of alkyl halides is 3. The predicted octanol–water partition coefficient (Wildman–Crippen LogP) is 5.15. The van der Waals surface area contributed by atoms with Gasteiger partial charge >= 0.3 is 6.18 Å². The van der Waals surface area contributed by atoms with E-state index < -0.39 is 23.6 Å². The molecular weight excluding hydrogens is 570 g/mol. The number of hydrogen-bond acceptors (Lipinski definition) is 9. The largest absolute Gasteiger partial charge is 0.494 e. The van der Waals surface area contributed by atoms with Crippen molar-refractivity contribution in [3.63, 3.8) is 0 Å². The Morgan fingerprint density at radius 1 is 1.12 bits per heavy atom. The molecule has 0 aliphatic carbocycles. The first-order valence-corrected chi connectivity index (χ1v) is 13.5. The Bertz CT molecular complexity index is 1500. The lowest BCUT2D eigenvalue weighted by molar-refractivity contribution is -0.140. The van der Waals surface area contributed by atoms with Gasteiger partial charge in [-0.3, -0.25) is 9.63 Å². The van der Waals surface area contributed by atoms with Gasteiger partial charge in [-0.15, -0.1) is 0 Å². The number of rotatable bonds is 8. The fraction of sp³-hybridized carbons (Fsp3) is 0.345. The maximum Gasteiger partial charge on any atom is 0.419 e. The third kappa shape index (κ3) is 6.65. The first-order valence-electron chi connectivity index (χ1n) is 13.5. The molecule has 0 radical (unpaired) electrons. The van der Waals surface area contributed by atoms with Crippen LogP contribution in [0, 0.1) is 5.82 Å². The van der Waals surface area contributed by atoms with Crippen LogP contribution in [0.3, 0.4) is 0 Å². The molecule has 0 saturated carbocycles. The van der Waals surface area contributed by atoms with Crippen molar-refractivity contribution in [1.29, 1.82) is 0 Å². The first kappa shape index (κ1) is 30.0. The monoisotopic (exact) mass is 601 g/mol. The Kier molecular flexibility index (Phi) is 8.69. The van der Waals surface area contributed by atoms with Crippen LogP contribution in [0.2, 0.25) is 0 Å². The zero-order chi connectivity index (χ0) is 30.7. The normalized spacial score (nSPS) is 17.6. The molecule has 2 saturated heterocycles. The Hall–Kier alpha value is -4.43. The lowest BCUT2D eigenvalue weighted by Gasteiger charge is -2.35. The predicted molar refractivity (Wildman–Crippen MR) is 154 cm³/mol. The quantitative estimate of drug-likeness (QED) is 0.269. The number of nitrogens with zero attached hydrogens (tertiary/aromatic N) is 5. The van der Waals surface area contributed by atoms with Gasteiger partial charge in [0.05, 0.1) is 42.4 Å². The van der Waals surface area contributed by atoms with Crippen LogP contribution in [0.15, 0.2) is 55.4 Å². The van der Waals surface area contributed by atoms with E-state index in [0.717, 1.165) is 44.0 Å². The summed E-state index contributed by atoms with van der Waals surface area (Å²) in [4.78, 5) is 31.0. The number of halogens is 4. The smallest absolute Gasteiger partial charge is 0.419 e. The van der Waals surface area contributed by atoms with Gasteiger partial charge in [0.1, 0.15) is 23.7 Å². The molecule has 2 N–H and O–H groups in total. The van der Waals surface area contributed by atoms with E-state index in [1.807, 2.05) is 6.07 Å². The zero-order valence-corrected chi connectivity index (χ0v) is 23.6. The second-order valence-corrected chi connectivity index (χ2v) is 10.1. The molecule has 5 rings (SSSR count). The molecule has 2 aliphatic rings. The van der Waals surface area contributed by atoms with Crippen LogP contribution in [0.1, 0.15) is 23.6 Å². The Morgan fingerprint density at radius 2 is 1.88 bits per heavy atom. The number of hydroxylamine groups is 1. The molecule has 0 bridgehead atoms. The van der Waals surface area contributed by atoms with Gasteiger partial charge in [-0.25, -0.2) is 19.4 Å². The van der Waals surface area contributed by atoms with Crippen molar-refractivity contribution < 1.29 is 31.9 Å². The van der Waals surface area contributed by atoms with E-state index in [9.17, 15) is 22.4 Å². The Balaban J connectivity index is 1.44. The number of aromatic nitrogens is 2. The maximum absolute atomic E-state index is 13.9. The van der Waals surface area contributed by atoms with E-state index in [1.165, 1.54) is 30.6 Å². The minimum absolute atomic E-state index is 0.226. The summed E-state index contributed by atoms with van der Waals surface area (Å²) in [6, 6.07) is 7.42. The zero-order valence-electron chi connectivity index (χ0n) is 23.6. The number of anilines is 5. The number of amides is 1. The van der Waals surface area contributed by atoms with E-state index in [0.29, 0.717) is 29.4 Å². The maximum atomic E-state index is 13.9. The van der Waals surface area contributed by atoms with Gasteiger partial charge in [-0.2, -0.15) is 13.2 Å². The van der Waals surface area contributed by atoms with E-state index >= 15 is 0 Å². The fourth-order valence-electron chi connectivity index (χ4n) is 5.07. The molecule has 2 fully saturated rings. The van der Waals surface area contributed by atoms with Crippen molar-refractivity contribution >= 4 is 34.6 Å². The summed E-state index contributed by atoms with van der Waals surface area (Å²) in [7, 11) is 3.58. The highest BCUT2D eigenvalue weighted by Crippen LogP contribution is 2.41. The van der Waals surface area contributed by atoms with Crippen molar-refractivity contribution in [2.45, 2.75) is 18.6 Å². The molecule has 0 spiro atoms. The molecule has 3 aromatic rings. The number of ether oxygens (including phenoxy) is 1. The van der Waals surface area contributed by atoms with E-state index in [-0.39, 0.29) is 23.9 Å². The highest BCUT2D eigenvalue weighted by Gasteiger charge is 2.37. The van der Waals surface area contributed by atoms with Gasteiger partial charge in [0.25, 0.3) is 0 Å². The van der Waals surface area contributed by atoms with Crippen LogP contribution in [0.4, 0.5) is 46.3 Å². The van der Waals surface area contributed by atoms with Gasteiger partial charge in [-0.1, -0.05) is 12.6 Å². The van der Waals surface area contributed by atoms with Crippen molar-refractivity contribution in [3.8, 4) is 5.75 Å². The van der Waals surface area contributed by atoms with Crippen molar-refractivity contribution in [2.24, 2.45) is 0 Å². The average Bonchev–Trinajstić information content (AvgIpc) is 3.48. The third-order valence-corrected chi connectivity index (χ3v) is 7.33. The summed E-state index contributed by atoms with van der Waals surface area (Å²) >= 11 is 0. The lowest BCUT2D eigenvalue weighted by atomic mass is 10.0. The molecule has 2 aliphatic heterocycles. The molecule has 10 nitrogen and oxygen atoms in total. The van der Waals surface area contributed by atoms with Crippen molar-refractivity contribution in [2.75, 3.05) is 67.5 Å². The first-order chi connectivity index (χ1) is 20.6. The highest BCUT2D eigenvalue weighted by atomic mass is 19.4. The van der Waals surface area contributed by atoms with E-state index in [1.54, 1.807) is 12.1 Å². The summed E-state index contributed by atoms with van der Waals surface area (Å²) in [5.41, 5.74) is 0.736. The minimum atomic E-state index is -4.83. The van der Waals surface area contributed by atoms with Crippen molar-refractivity contribution in [1.82, 2.24) is 14.9 Å². The summed E-state index contributed by atoms with van der Waals surface area (Å²) in [6.07, 6.45) is -2.00. The molecule has 1 aromatic heterocycles. The summed E-state index contributed by atoms with van der Waals surface area (Å²) in [5, 5.41) is 7.45. The third-order valence-electron chi connectivity index (χ3n) is 7.33. The van der Waals surface area contributed by atoms with E-state index in [2.05, 4.69) is 44.0 Å². The van der Waals surface area contributed by atoms with Crippen LogP contribution in [-0.2, 0) is 15.8 Å². The standard InChI is InChI=1S/C29H31F4N7O3/c1-4-28(41)37-21-14-22(25(42-3)15-24(21)39-10-8-38(2)9-11-39)36-26-16-27(35-17-34-26)40-23(7-12-43-40)18-5-6-20(30)19(13-18)29(31,32)33/h4-6,13-17,23H,1,7-12H2,2-3H3,(H,37,41)(H,34,35,36). The molecule has 1 unspecified atom stereocenters. The number of methoxy groups -OCH3 is 1. The van der Waals surface area contributed by atoms with Crippen LogP contribution in [0.25, 0.3) is 0 Å². The topological polar surface area (TPSA) is 95.1 Å². The number of benzene rings is 2. The van der Waals surface area contributed by atoms with Gasteiger partial charge in [0.15, 0.2) is 5.82 Å². The molecule has 1 amide bonds. The second kappa shape index (κ2) is 12.4. The minimum Gasteiger partial charge on any atom is -0.494 e. The molecule has 228 valence electrons. The van der Waals surface area contributed by atoms with Crippen LogP contribution < -0.4 is 25.3 Å². The SMILES string of the molecule is C=CC(=O)Nc1cc(Nc2cc(N3OCCC3c3ccc(F)c(C(F)(F)F)c3)ncn2)c(OC)cc1N1CCN(C)CC1. The number of nitrogens with one attached hydrogen (secondary N) is 2. The fourth-order valence-corrected chi connectivity index (χ4v) is 5.07. The number of hydrogen-bond donors (Lipinski definition) is 2. The summed E-state index contributed by atoms with van der Waals surface area (Å²) < 4.78 is 59.7. The second-order valence-electron chi connectivity index (χ2n) is 10.1. The Labute approximate surface area is 245 Å². The molecule has 3 heterocycles. The van der Waals surface area contributed by atoms with Gasteiger partial charge in [0.2, 0.25) is 5.91 Å². The highest BCUT2D eigenvalue weighted by molar-refractivity contribution is 6.02. The summed E-state index contributed by atoms with van der Waals surface area (Å²) in [6.45, 7) is 7.01. The molecule has 14 heteroatoms. The number of likely N-dealkylation sites (N-methyl/N-ethyl adjacent to an activating group) is 1. The lowest BCUT2D eigenvalue weighted by Crippen LogP contribution is -2.44. The molecular formula is C29H31F4N7O3. The van der Waals surface area contributed by atoms with Gasteiger partial charge in [-0.05, 0) is 36.9 Å². The molecule has 43 heavy (non-hydrogen) atoms. The number of piperazine rings is 1. The number of carbonyl (C=O) groups excluding carboxylic acids is 1. The van der Waals surface area contributed by atoms with E-state index in [4.69, 9.17) is 9.57 Å². The van der Waals surface area contributed by atoms with Crippen molar-refractivity contribution in [3.05, 3.63) is 72.3 Å². The van der Waals surface area contributed by atoms with Crippen LogP contribution >= 0.6 is 0 Å².